The first-order valence-corrected chi connectivity index (χ1v) is 7.87. The molecule has 3 atom stereocenters. The average Bonchev–Trinajstić information content (AvgIpc) is 2.53. The van der Waals surface area contributed by atoms with E-state index in [4.69, 9.17) is 11.1 Å². The van der Waals surface area contributed by atoms with Gasteiger partial charge in [-0.15, -0.1) is 0 Å². The van der Waals surface area contributed by atoms with Crippen molar-refractivity contribution in [2.45, 2.75) is 44.7 Å². The molecule has 118 valence electrons. The van der Waals surface area contributed by atoms with E-state index in [0.29, 0.717) is 5.71 Å². The van der Waals surface area contributed by atoms with Gasteiger partial charge in [0.2, 0.25) is 5.91 Å². The number of amides is 1. The Morgan fingerprint density at radius 1 is 1.41 bits per heavy atom. The molecule has 0 bridgehead atoms. The monoisotopic (exact) mass is 299 g/mol. The highest BCUT2D eigenvalue weighted by atomic mass is 16.1. The van der Waals surface area contributed by atoms with E-state index < -0.39 is 0 Å². The molecule has 0 saturated carbocycles. The molecule has 4 heteroatoms. The molecule has 0 saturated heterocycles. The van der Waals surface area contributed by atoms with Crippen LogP contribution in [-0.2, 0) is 4.79 Å². The molecule has 0 fully saturated rings. The van der Waals surface area contributed by atoms with E-state index in [2.05, 4.69) is 35.7 Å². The van der Waals surface area contributed by atoms with Crippen LogP contribution in [0.15, 0.2) is 48.1 Å². The molecule has 0 aromatic carbocycles. The number of carbonyl (C=O) groups excluding carboxylic acids is 1. The first kappa shape index (κ1) is 16.4. The van der Waals surface area contributed by atoms with Crippen molar-refractivity contribution in [2.75, 3.05) is 0 Å². The Hall–Kier alpha value is -1.94. The molecule has 2 aliphatic carbocycles. The lowest BCUT2D eigenvalue weighted by atomic mass is 9.84. The van der Waals surface area contributed by atoms with Crippen molar-refractivity contribution in [3.63, 3.8) is 0 Å². The summed E-state index contributed by atoms with van der Waals surface area (Å²) >= 11 is 0. The van der Waals surface area contributed by atoms with Crippen molar-refractivity contribution in [1.29, 1.82) is 5.41 Å². The van der Waals surface area contributed by atoms with Crippen LogP contribution in [0.25, 0.3) is 0 Å². The minimum atomic E-state index is -0.204. The molecule has 0 radical (unpaired) electrons. The van der Waals surface area contributed by atoms with E-state index in [1.54, 1.807) is 6.92 Å². The molecule has 3 unspecified atom stereocenters. The molecule has 22 heavy (non-hydrogen) atoms. The smallest absolute Gasteiger partial charge is 0.226 e. The summed E-state index contributed by atoms with van der Waals surface area (Å²) in [6, 6.07) is -0.380. The number of carbonyl (C=O) groups is 1. The molecule has 0 aromatic heterocycles. The van der Waals surface area contributed by atoms with Gasteiger partial charge in [-0.25, -0.2) is 0 Å². The summed E-state index contributed by atoms with van der Waals surface area (Å²) in [5, 5.41) is 10.5. The van der Waals surface area contributed by atoms with E-state index in [1.807, 2.05) is 12.2 Å². The lowest BCUT2D eigenvalue weighted by Gasteiger charge is -2.32. The van der Waals surface area contributed by atoms with Crippen LogP contribution in [-0.4, -0.2) is 23.7 Å². The summed E-state index contributed by atoms with van der Waals surface area (Å²) in [7, 11) is 0. The number of hydrogen-bond donors (Lipinski definition) is 3. The fourth-order valence-electron chi connectivity index (χ4n) is 2.86. The summed E-state index contributed by atoms with van der Waals surface area (Å²) < 4.78 is 0. The summed E-state index contributed by atoms with van der Waals surface area (Å²) in [6.45, 7) is 1.64. The number of nitrogens with one attached hydrogen (secondary N) is 2. The van der Waals surface area contributed by atoms with Gasteiger partial charge in [-0.1, -0.05) is 42.5 Å². The topological polar surface area (TPSA) is 79.0 Å². The maximum absolute atomic E-state index is 12.1. The molecule has 4 N–H and O–H groups in total. The maximum atomic E-state index is 12.1. The largest absolute Gasteiger partial charge is 0.347 e. The predicted molar refractivity (Wildman–Crippen MR) is 90.8 cm³/mol. The van der Waals surface area contributed by atoms with Crippen molar-refractivity contribution < 1.29 is 4.79 Å². The lowest BCUT2D eigenvalue weighted by molar-refractivity contribution is -0.120. The van der Waals surface area contributed by atoms with Gasteiger partial charge in [0, 0.05) is 11.8 Å². The Balaban J connectivity index is 2.13. The van der Waals surface area contributed by atoms with E-state index in [-0.39, 0.29) is 30.3 Å². The molecule has 4 nitrogen and oxygen atoms in total. The molecule has 0 aliphatic heterocycles. The van der Waals surface area contributed by atoms with E-state index in [0.717, 1.165) is 24.8 Å². The fraction of sp³-hybridized carbons (Fsp3) is 0.444. The summed E-state index contributed by atoms with van der Waals surface area (Å²) in [5.41, 5.74) is 7.92. The first-order chi connectivity index (χ1) is 10.6. The van der Waals surface area contributed by atoms with Crippen molar-refractivity contribution in [3.05, 3.63) is 48.1 Å². The molecule has 0 aromatic rings. The summed E-state index contributed by atoms with van der Waals surface area (Å²) in [5.74, 6) is 0.0794. The van der Waals surface area contributed by atoms with Gasteiger partial charge in [-0.3, -0.25) is 4.79 Å². The zero-order chi connectivity index (χ0) is 15.9. The van der Waals surface area contributed by atoms with Crippen LogP contribution in [0, 0.1) is 11.3 Å². The highest BCUT2D eigenvalue weighted by Gasteiger charge is 2.28. The van der Waals surface area contributed by atoms with Crippen molar-refractivity contribution in [1.82, 2.24) is 5.32 Å². The number of nitrogens with two attached hydrogens (primary N) is 1. The van der Waals surface area contributed by atoms with Crippen LogP contribution in [0.5, 0.6) is 0 Å². The molecule has 2 rings (SSSR count). The Labute approximate surface area is 132 Å². The average molecular weight is 299 g/mol. The lowest BCUT2D eigenvalue weighted by Crippen LogP contribution is -2.52. The number of hydrogen-bond acceptors (Lipinski definition) is 3. The molecule has 0 heterocycles. The SMILES string of the molecule is CC(=N)CC(=O)NC(C1=CCCC=C1)C(N)C1C=CC=CC1. The third-order valence-electron chi connectivity index (χ3n) is 4.02. The molecule has 2 aliphatic rings. The fourth-order valence-corrected chi connectivity index (χ4v) is 2.86. The Morgan fingerprint density at radius 2 is 2.23 bits per heavy atom. The van der Waals surface area contributed by atoms with Gasteiger partial charge < -0.3 is 16.5 Å². The Bertz CT molecular complexity index is 543. The molecular formula is C18H25N3O. The summed E-state index contributed by atoms with van der Waals surface area (Å²) in [4.78, 5) is 12.1. The van der Waals surface area contributed by atoms with Crippen LogP contribution in [0.2, 0.25) is 0 Å². The second-order valence-electron chi connectivity index (χ2n) is 5.98. The Morgan fingerprint density at radius 3 is 2.82 bits per heavy atom. The van der Waals surface area contributed by atoms with Crippen molar-refractivity contribution >= 4 is 11.6 Å². The Kier molecular flexibility index (Phi) is 5.90. The third-order valence-corrected chi connectivity index (χ3v) is 4.02. The first-order valence-electron chi connectivity index (χ1n) is 7.87. The van der Waals surface area contributed by atoms with Gasteiger partial charge in [-0.2, -0.15) is 0 Å². The standard InChI is InChI=1S/C18H25N3O/c1-13(19)12-16(22)21-18(15-10-6-3-7-11-15)17(20)14-8-4-2-5-9-14/h2,4-6,8,10-11,14,17-19H,3,7,9,12,20H2,1H3,(H,21,22). The quantitative estimate of drug-likeness (QED) is 0.659. The van der Waals surface area contributed by atoms with Crippen LogP contribution < -0.4 is 11.1 Å². The zero-order valence-electron chi connectivity index (χ0n) is 13.1. The van der Waals surface area contributed by atoms with E-state index in [1.165, 1.54) is 0 Å². The minimum absolute atomic E-state index is 0.126. The van der Waals surface area contributed by atoms with Gasteiger partial charge in [0.05, 0.1) is 12.5 Å². The second-order valence-corrected chi connectivity index (χ2v) is 5.98. The normalized spacial score (nSPS) is 22.8. The number of rotatable bonds is 6. The van der Waals surface area contributed by atoms with Gasteiger partial charge in [0.15, 0.2) is 0 Å². The van der Waals surface area contributed by atoms with Crippen LogP contribution in [0.3, 0.4) is 0 Å². The van der Waals surface area contributed by atoms with Crippen molar-refractivity contribution in [3.8, 4) is 0 Å². The predicted octanol–water partition coefficient (Wildman–Crippen LogP) is 2.64. The van der Waals surface area contributed by atoms with Gasteiger partial charge in [0.25, 0.3) is 0 Å². The van der Waals surface area contributed by atoms with Gasteiger partial charge >= 0.3 is 0 Å². The minimum Gasteiger partial charge on any atom is -0.347 e. The summed E-state index contributed by atoms with van der Waals surface area (Å²) in [6.07, 6.45) is 17.6. The van der Waals surface area contributed by atoms with E-state index >= 15 is 0 Å². The highest BCUT2D eigenvalue weighted by molar-refractivity contribution is 5.98. The third kappa shape index (κ3) is 4.53. The van der Waals surface area contributed by atoms with E-state index in [9.17, 15) is 4.79 Å². The molecule has 0 spiro atoms. The van der Waals surface area contributed by atoms with Crippen LogP contribution in [0.1, 0.15) is 32.6 Å². The van der Waals surface area contributed by atoms with Crippen LogP contribution in [0.4, 0.5) is 0 Å². The second kappa shape index (κ2) is 7.90. The van der Waals surface area contributed by atoms with Crippen molar-refractivity contribution in [2.24, 2.45) is 11.7 Å². The maximum Gasteiger partial charge on any atom is 0.226 e. The molecular weight excluding hydrogens is 274 g/mol. The zero-order valence-corrected chi connectivity index (χ0v) is 13.1. The molecule has 1 amide bonds. The van der Waals surface area contributed by atoms with Gasteiger partial charge in [-0.05, 0) is 37.7 Å². The van der Waals surface area contributed by atoms with Crippen LogP contribution >= 0.6 is 0 Å². The highest BCUT2D eigenvalue weighted by Crippen LogP contribution is 2.23. The van der Waals surface area contributed by atoms with Gasteiger partial charge in [0.1, 0.15) is 0 Å². The number of allylic oxidation sites excluding steroid dienone is 5.